The van der Waals surface area contributed by atoms with Crippen LogP contribution >= 0.6 is 0 Å². The van der Waals surface area contributed by atoms with E-state index in [2.05, 4.69) is 0 Å². The van der Waals surface area contributed by atoms with Crippen LogP contribution in [0.15, 0.2) is 65.5 Å². The van der Waals surface area contributed by atoms with Crippen LogP contribution in [0.4, 0.5) is 0 Å². The van der Waals surface area contributed by atoms with Gasteiger partial charge >= 0.3 is 0 Å². The monoisotopic (exact) mass is 240 g/mol. The average Bonchev–Trinajstić information content (AvgIpc) is 2.63. The summed E-state index contributed by atoms with van der Waals surface area (Å²) in [6.45, 7) is 0. The zero-order chi connectivity index (χ0) is 13.0. The van der Waals surface area contributed by atoms with Gasteiger partial charge in [-0.25, -0.2) is 0 Å². The standard InChI is InChI=1S/C15H12O3/c16-13-10-6-2-5-9-12(13)15(18)14(17)11-7-3-1-4-8-11/h1-10,14,17H. The summed E-state index contributed by atoms with van der Waals surface area (Å²) < 4.78 is 0. The lowest BCUT2D eigenvalue weighted by Crippen LogP contribution is -2.18. The lowest BCUT2D eigenvalue weighted by molar-refractivity contribution is 0.0746. The number of benzene rings is 1. The zero-order valence-corrected chi connectivity index (χ0v) is 9.61. The fraction of sp³-hybridized carbons (Fsp3) is 0.0667. The Hall–Kier alpha value is -2.26. The molecule has 0 heterocycles. The van der Waals surface area contributed by atoms with E-state index in [4.69, 9.17) is 0 Å². The van der Waals surface area contributed by atoms with Crippen molar-refractivity contribution >= 4 is 5.78 Å². The minimum Gasteiger partial charge on any atom is -0.380 e. The van der Waals surface area contributed by atoms with Crippen molar-refractivity contribution in [2.45, 2.75) is 6.10 Å². The lowest BCUT2D eigenvalue weighted by Gasteiger charge is -2.08. The van der Waals surface area contributed by atoms with Crippen molar-refractivity contribution in [2.24, 2.45) is 0 Å². The van der Waals surface area contributed by atoms with E-state index in [9.17, 15) is 14.7 Å². The van der Waals surface area contributed by atoms with Gasteiger partial charge in [-0.1, -0.05) is 48.5 Å². The van der Waals surface area contributed by atoms with Crippen molar-refractivity contribution in [1.82, 2.24) is 0 Å². The van der Waals surface area contributed by atoms with Crippen LogP contribution in [-0.4, -0.2) is 10.9 Å². The first kappa shape index (κ1) is 12.2. The highest BCUT2D eigenvalue weighted by molar-refractivity contribution is 5.99. The molecule has 0 saturated heterocycles. The molecule has 2 rings (SSSR count). The van der Waals surface area contributed by atoms with Crippen molar-refractivity contribution in [1.29, 1.82) is 0 Å². The van der Waals surface area contributed by atoms with Gasteiger partial charge in [-0.05, 0) is 17.7 Å². The summed E-state index contributed by atoms with van der Waals surface area (Å²) in [4.78, 5) is 23.7. The Labute approximate surface area is 104 Å². The molecule has 0 aliphatic carbocycles. The summed E-state index contributed by atoms with van der Waals surface area (Å²) in [6, 6.07) is 16.1. The second kappa shape index (κ2) is 5.38. The van der Waals surface area contributed by atoms with Gasteiger partial charge in [-0.15, -0.1) is 0 Å². The normalized spacial score (nSPS) is 11.8. The predicted molar refractivity (Wildman–Crippen MR) is 68.4 cm³/mol. The van der Waals surface area contributed by atoms with E-state index in [1.165, 1.54) is 12.1 Å². The smallest absolute Gasteiger partial charge is 0.199 e. The molecule has 2 aromatic carbocycles. The molecule has 0 aliphatic rings. The van der Waals surface area contributed by atoms with Crippen molar-refractivity contribution in [2.75, 3.05) is 0 Å². The summed E-state index contributed by atoms with van der Waals surface area (Å²) >= 11 is 0. The van der Waals surface area contributed by atoms with Gasteiger partial charge in [0.25, 0.3) is 0 Å². The minimum atomic E-state index is -1.30. The number of hydrogen-bond donors (Lipinski definition) is 1. The first-order valence-corrected chi connectivity index (χ1v) is 5.57. The SMILES string of the molecule is O=C(c1cccccc1=O)C(O)c1ccccc1. The van der Waals surface area contributed by atoms with E-state index in [0.29, 0.717) is 5.56 Å². The molecule has 0 amide bonds. The van der Waals surface area contributed by atoms with Gasteiger partial charge in [0, 0.05) is 0 Å². The van der Waals surface area contributed by atoms with Crippen LogP contribution in [0.3, 0.4) is 0 Å². The molecule has 0 aliphatic heterocycles. The number of ketones is 1. The molecule has 0 bridgehead atoms. The Balaban J connectivity index is 2.39. The Kier molecular flexibility index (Phi) is 3.65. The molecule has 90 valence electrons. The average molecular weight is 240 g/mol. The largest absolute Gasteiger partial charge is 0.380 e. The van der Waals surface area contributed by atoms with Crippen LogP contribution in [0, 0.1) is 0 Å². The molecule has 1 atom stereocenters. The summed E-state index contributed by atoms with van der Waals surface area (Å²) in [7, 11) is 0. The Morgan fingerprint density at radius 2 is 1.44 bits per heavy atom. The molecule has 3 heteroatoms. The first-order chi connectivity index (χ1) is 8.70. The van der Waals surface area contributed by atoms with Crippen LogP contribution in [0.1, 0.15) is 22.0 Å². The third kappa shape index (κ3) is 2.52. The molecule has 3 nitrogen and oxygen atoms in total. The summed E-state index contributed by atoms with van der Waals surface area (Å²) in [5.74, 6) is -0.581. The van der Waals surface area contributed by atoms with Crippen LogP contribution in [-0.2, 0) is 0 Å². The van der Waals surface area contributed by atoms with E-state index < -0.39 is 11.9 Å². The fourth-order valence-corrected chi connectivity index (χ4v) is 1.67. The second-order valence-electron chi connectivity index (χ2n) is 3.87. The summed E-state index contributed by atoms with van der Waals surface area (Å²) in [5.41, 5.74) is 0.0877. The highest BCUT2D eigenvalue weighted by Gasteiger charge is 2.20. The second-order valence-corrected chi connectivity index (χ2v) is 3.87. The summed E-state index contributed by atoms with van der Waals surface area (Å²) in [6.07, 6.45) is -1.30. The van der Waals surface area contributed by atoms with Crippen LogP contribution in [0.2, 0.25) is 0 Å². The molecule has 0 aromatic heterocycles. The Morgan fingerprint density at radius 3 is 2.11 bits per heavy atom. The maximum atomic E-state index is 12.1. The number of carbonyl (C=O) groups is 1. The zero-order valence-electron chi connectivity index (χ0n) is 9.61. The van der Waals surface area contributed by atoms with Gasteiger partial charge in [0.1, 0.15) is 6.10 Å². The summed E-state index contributed by atoms with van der Waals surface area (Å²) in [5, 5.41) is 9.96. The third-order valence-corrected chi connectivity index (χ3v) is 2.63. The maximum absolute atomic E-state index is 12.1. The van der Waals surface area contributed by atoms with Gasteiger partial charge in [0.15, 0.2) is 11.2 Å². The van der Waals surface area contributed by atoms with Gasteiger partial charge in [0.2, 0.25) is 0 Å². The first-order valence-electron chi connectivity index (χ1n) is 5.57. The van der Waals surface area contributed by atoms with E-state index in [1.54, 1.807) is 48.5 Å². The highest BCUT2D eigenvalue weighted by Crippen LogP contribution is 2.16. The molecular formula is C15H12O3. The lowest BCUT2D eigenvalue weighted by atomic mass is 10.0. The molecule has 1 N–H and O–H groups in total. The van der Waals surface area contributed by atoms with Gasteiger partial charge in [-0.3, -0.25) is 9.59 Å². The topological polar surface area (TPSA) is 54.4 Å². The molecule has 1 unspecified atom stereocenters. The third-order valence-electron chi connectivity index (χ3n) is 2.63. The van der Waals surface area contributed by atoms with E-state index in [0.717, 1.165) is 0 Å². The van der Waals surface area contributed by atoms with Crippen molar-refractivity contribution < 1.29 is 9.90 Å². The number of hydrogen-bond acceptors (Lipinski definition) is 3. The minimum absolute atomic E-state index is 0.00338. The number of carbonyl (C=O) groups excluding carboxylic acids is 1. The van der Waals surface area contributed by atoms with E-state index in [-0.39, 0.29) is 11.0 Å². The molecule has 0 spiro atoms. The van der Waals surface area contributed by atoms with E-state index in [1.807, 2.05) is 0 Å². The molecular weight excluding hydrogens is 228 g/mol. The van der Waals surface area contributed by atoms with Crippen LogP contribution in [0.5, 0.6) is 0 Å². The van der Waals surface area contributed by atoms with Crippen LogP contribution in [0.25, 0.3) is 0 Å². The van der Waals surface area contributed by atoms with Crippen molar-refractivity contribution in [3.05, 3.63) is 82.0 Å². The molecule has 0 saturated carbocycles. The Bertz CT molecular complexity index is 605. The van der Waals surface area contributed by atoms with Gasteiger partial charge in [-0.2, -0.15) is 0 Å². The predicted octanol–water partition coefficient (Wildman–Crippen LogP) is 1.96. The molecule has 0 radical (unpaired) electrons. The van der Waals surface area contributed by atoms with Gasteiger partial charge < -0.3 is 5.11 Å². The van der Waals surface area contributed by atoms with Crippen molar-refractivity contribution in [3.8, 4) is 0 Å². The highest BCUT2D eigenvalue weighted by atomic mass is 16.3. The fourth-order valence-electron chi connectivity index (χ4n) is 1.67. The number of Topliss-reactive ketones (excluding diaryl/α,β-unsaturated/α-hetero) is 1. The van der Waals surface area contributed by atoms with Crippen LogP contribution < -0.4 is 5.43 Å². The van der Waals surface area contributed by atoms with Gasteiger partial charge in [0.05, 0.1) is 5.56 Å². The Morgan fingerprint density at radius 1 is 0.889 bits per heavy atom. The molecule has 0 fully saturated rings. The molecule has 18 heavy (non-hydrogen) atoms. The maximum Gasteiger partial charge on any atom is 0.199 e. The molecule has 2 aromatic rings. The van der Waals surface area contributed by atoms with Crippen molar-refractivity contribution in [3.63, 3.8) is 0 Å². The quantitative estimate of drug-likeness (QED) is 0.834. The number of aliphatic hydroxyl groups is 1. The number of aliphatic hydroxyl groups excluding tert-OH is 1. The van der Waals surface area contributed by atoms with E-state index >= 15 is 0 Å². The number of rotatable bonds is 3.